The Morgan fingerprint density at radius 3 is 2.43 bits per heavy atom. The van der Waals surface area contributed by atoms with E-state index in [1.165, 1.54) is 16.9 Å². The van der Waals surface area contributed by atoms with Crippen molar-refractivity contribution in [3.8, 4) is 11.1 Å². The summed E-state index contributed by atoms with van der Waals surface area (Å²) in [6.45, 7) is 4.09. The topological polar surface area (TPSA) is 29.1 Å². The Bertz CT molecular complexity index is 807. The van der Waals surface area contributed by atoms with Gasteiger partial charge in [-0.15, -0.1) is 11.3 Å². The molecular formula is C20H19NOS. The van der Waals surface area contributed by atoms with Crippen molar-refractivity contribution in [1.29, 1.82) is 0 Å². The third-order valence-corrected chi connectivity index (χ3v) is 4.87. The van der Waals surface area contributed by atoms with Gasteiger partial charge in [-0.25, -0.2) is 0 Å². The highest BCUT2D eigenvalue weighted by Gasteiger charge is 2.17. The first kappa shape index (κ1) is 15.5. The van der Waals surface area contributed by atoms with Crippen LogP contribution in [0.25, 0.3) is 11.1 Å². The molecule has 0 saturated carbocycles. The predicted molar refractivity (Wildman–Crippen MR) is 96.8 cm³/mol. The number of rotatable bonds is 4. The van der Waals surface area contributed by atoms with Gasteiger partial charge in [0.25, 0.3) is 5.91 Å². The normalized spacial score (nSPS) is 11.9. The second kappa shape index (κ2) is 6.80. The molecule has 23 heavy (non-hydrogen) atoms. The van der Waals surface area contributed by atoms with Crippen LogP contribution in [-0.4, -0.2) is 5.91 Å². The highest BCUT2D eigenvalue weighted by atomic mass is 32.1. The van der Waals surface area contributed by atoms with Gasteiger partial charge in [-0.2, -0.15) is 0 Å². The van der Waals surface area contributed by atoms with Crippen molar-refractivity contribution in [1.82, 2.24) is 5.32 Å². The van der Waals surface area contributed by atoms with Crippen molar-refractivity contribution in [3.05, 3.63) is 82.0 Å². The molecule has 2 aromatic carbocycles. The van der Waals surface area contributed by atoms with E-state index in [1.807, 2.05) is 60.8 Å². The van der Waals surface area contributed by atoms with Crippen LogP contribution in [0.15, 0.2) is 66.0 Å². The van der Waals surface area contributed by atoms with Crippen LogP contribution in [-0.2, 0) is 0 Å². The molecule has 3 rings (SSSR count). The zero-order valence-electron chi connectivity index (χ0n) is 13.2. The molecule has 3 aromatic rings. The number of benzene rings is 2. The van der Waals surface area contributed by atoms with Gasteiger partial charge in [0.15, 0.2) is 0 Å². The minimum absolute atomic E-state index is 0.0189. The SMILES string of the molecule is Cc1ccccc1C(C)NC(=O)c1sccc1-c1ccccc1. The Labute approximate surface area is 140 Å². The summed E-state index contributed by atoms with van der Waals surface area (Å²) in [4.78, 5) is 13.5. The highest BCUT2D eigenvalue weighted by Crippen LogP contribution is 2.29. The maximum atomic E-state index is 12.7. The molecule has 3 heteroatoms. The third kappa shape index (κ3) is 3.35. The summed E-state index contributed by atoms with van der Waals surface area (Å²) in [7, 11) is 0. The number of thiophene rings is 1. The quantitative estimate of drug-likeness (QED) is 0.702. The van der Waals surface area contributed by atoms with Gasteiger partial charge in [-0.05, 0) is 42.0 Å². The van der Waals surface area contributed by atoms with Crippen LogP contribution >= 0.6 is 11.3 Å². The predicted octanol–water partition coefficient (Wildman–Crippen LogP) is 5.21. The van der Waals surface area contributed by atoms with Crippen molar-refractivity contribution in [2.24, 2.45) is 0 Å². The summed E-state index contributed by atoms with van der Waals surface area (Å²) in [6, 6.07) is 20.2. The molecule has 1 aromatic heterocycles. The number of hydrogen-bond donors (Lipinski definition) is 1. The zero-order valence-corrected chi connectivity index (χ0v) is 14.1. The van der Waals surface area contributed by atoms with E-state index in [9.17, 15) is 4.79 Å². The molecule has 1 atom stereocenters. The van der Waals surface area contributed by atoms with E-state index in [-0.39, 0.29) is 11.9 Å². The fourth-order valence-corrected chi connectivity index (χ4v) is 3.56. The van der Waals surface area contributed by atoms with Gasteiger partial charge < -0.3 is 5.32 Å². The number of hydrogen-bond acceptors (Lipinski definition) is 2. The van der Waals surface area contributed by atoms with Gasteiger partial charge in [0.2, 0.25) is 0 Å². The Morgan fingerprint density at radius 2 is 1.70 bits per heavy atom. The average Bonchev–Trinajstić information content (AvgIpc) is 3.05. The molecule has 2 nitrogen and oxygen atoms in total. The maximum absolute atomic E-state index is 12.7. The zero-order chi connectivity index (χ0) is 16.2. The van der Waals surface area contributed by atoms with E-state index in [2.05, 4.69) is 24.4 Å². The first-order valence-electron chi connectivity index (χ1n) is 7.66. The molecule has 1 amide bonds. The van der Waals surface area contributed by atoms with E-state index in [1.54, 1.807) is 0 Å². The average molecular weight is 321 g/mol. The second-order valence-corrected chi connectivity index (χ2v) is 6.50. The molecule has 116 valence electrons. The second-order valence-electron chi connectivity index (χ2n) is 5.58. The van der Waals surface area contributed by atoms with Gasteiger partial charge in [-0.1, -0.05) is 54.6 Å². The third-order valence-electron chi connectivity index (χ3n) is 3.96. The lowest BCUT2D eigenvalue weighted by atomic mass is 10.0. The Morgan fingerprint density at radius 1 is 1.00 bits per heavy atom. The Balaban J connectivity index is 1.83. The molecule has 0 fully saturated rings. The fraction of sp³-hybridized carbons (Fsp3) is 0.150. The van der Waals surface area contributed by atoms with Crippen molar-refractivity contribution in [3.63, 3.8) is 0 Å². The molecule has 0 aliphatic carbocycles. The van der Waals surface area contributed by atoms with E-state index < -0.39 is 0 Å². The summed E-state index contributed by atoms with van der Waals surface area (Å²) in [5, 5.41) is 5.09. The van der Waals surface area contributed by atoms with Gasteiger partial charge in [0, 0.05) is 5.56 Å². The largest absolute Gasteiger partial charge is 0.345 e. The molecule has 0 spiro atoms. The molecule has 1 heterocycles. The van der Waals surface area contributed by atoms with Crippen LogP contribution in [0.3, 0.4) is 0 Å². The maximum Gasteiger partial charge on any atom is 0.262 e. The van der Waals surface area contributed by atoms with Crippen LogP contribution in [0.2, 0.25) is 0 Å². The molecule has 0 bridgehead atoms. The van der Waals surface area contributed by atoms with Crippen molar-refractivity contribution < 1.29 is 4.79 Å². The minimum atomic E-state index is -0.0191. The number of nitrogens with one attached hydrogen (secondary N) is 1. The van der Waals surface area contributed by atoms with Gasteiger partial charge >= 0.3 is 0 Å². The Kier molecular flexibility index (Phi) is 4.58. The van der Waals surface area contributed by atoms with Crippen molar-refractivity contribution in [2.75, 3.05) is 0 Å². The fourth-order valence-electron chi connectivity index (χ4n) is 2.74. The minimum Gasteiger partial charge on any atom is -0.345 e. The van der Waals surface area contributed by atoms with Crippen molar-refractivity contribution >= 4 is 17.2 Å². The van der Waals surface area contributed by atoms with Crippen LogP contribution < -0.4 is 5.32 Å². The molecule has 1 N–H and O–H groups in total. The Hall–Kier alpha value is -2.39. The van der Waals surface area contributed by atoms with E-state index in [4.69, 9.17) is 0 Å². The number of amides is 1. The number of carbonyl (C=O) groups is 1. The highest BCUT2D eigenvalue weighted by molar-refractivity contribution is 7.12. The number of aryl methyl sites for hydroxylation is 1. The molecule has 0 aliphatic heterocycles. The lowest BCUT2D eigenvalue weighted by Gasteiger charge is -2.16. The van der Waals surface area contributed by atoms with E-state index in [0.29, 0.717) is 0 Å². The monoisotopic (exact) mass is 321 g/mol. The summed E-state index contributed by atoms with van der Waals surface area (Å²) >= 11 is 1.48. The number of carbonyl (C=O) groups excluding carboxylic acids is 1. The van der Waals surface area contributed by atoms with Crippen LogP contribution in [0.5, 0.6) is 0 Å². The molecular weight excluding hydrogens is 302 g/mol. The van der Waals surface area contributed by atoms with Gasteiger partial charge in [0.1, 0.15) is 0 Å². The summed E-state index contributed by atoms with van der Waals surface area (Å²) in [6.07, 6.45) is 0. The summed E-state index contributed by atoms with van der Waals surface area (Å²) in [5.74, 6) is -0.0189. The van der Waals surface area contributed by atoms with Crippen molar-refractivity contribution in [2.45, 2.75) is 19.9 Å². The van der Waals surface area contributed by atoms with Gasteiger partial charge in [-0.3, -0.25) is 4.79 Å². The standard InChI is InChI=1S/C20H19NOS/c1-14-8-6-7-11-17(14)15(2)21-20(22)19-18(12-13-23-19)16-9-4-3-5-10-16/h3-13,15H,1-2H3,(H,21,22). The van der Waals surface area contributed by atoms with Crippen LogP contribution in [0, 0.1) is 6.92 Å². The van der Waals surface area contributed by atoms with Gasteiger partial charge in [0.05, 0.1) is 10.9 Å². The van der Waals surface area contributed by atoms with Crippen LogP contribution in [0.1, 0.15) is 33.8 Å². The molecule has 0 saturated heterocycles. The summed E-state index contributed by atoms with van der Waals surface area (Å²) < 4.78 is 0. The first-order valence-corrected chi connectivity index (χ1v) is 8.54. The van der Waals surface area contributed by atoms with E-state index in [0.717, 1.165) is 21.6 Å². The lowest BCUT2D eigenvalue weighted by Crippen LogP contribution is -2.26. The summed E-state index contributed by atoms with van der Waals surface area (Å²) in [5.41, 5.74) is 4.40. The molecule has 1 unspecified atom stereocenters. The molecule has 0 radical (unpaired) electrons. The van der Waals surface area contributed by atoms with E-state index >= 15 is 0 Å². The first-order chi connectivity index (χ1) is 11.2. The smallest absolute Gasteiger partial charge is 0.262 e. The lowest BCUT2D eigenvalue weighted by molar-refractivity contribution is 0.0944. The van der Waals surface area contributed by atoms with Crippen LogP contribution in [0.4, 0.5) is 0 Å². The molecule has 0 aliphatic rings.